The third-order valence-corrected chi connectivity index (χ3v) is 2.85. The molecule has 1 fully saturated rings. The molecule has 0 saturated carbocycles. The summed E-state index contributed by atoms with van der Waals surface area (Å²) in [6, 6.07) is 5.84. The lowest BCUT2D eigenvalue weighted by Gasteiger charge is -2.39. The average Bonchev–Trinajstić information content (AvgIpc) is 2.31. The Morgan fingerprint density at radius 2 is 2.13 bits per heavy atom. The van der Waals surface area contributed by atoms with Crippen molar-refractivity contribution in [3.8, 4) is 0 Å². The van der Waals surface area contributed by atoms with E-state index in [9.17, 15) is 0 Å². The summed E-state index contributed by atoms with van der Waals surface area (Å²) in [5.74, 6) is 0. The maximum Gasteiger partial charge on any atom is 0.110 e. The van der Waals surface area contributed by atoms with Crippen molar-refractivity contribution >= 4 is 0 Å². The molecule has 15 heavy (non-hydrogen) atoms. The van der Waals surface area contributed by atoms with Crippen LogP contribution in [0.4, 0.5) is 0 Å². The van der Waals surface area contributed by atoms with Crippen LogP contribution in [-0.2, 0) is 10.4 Å². The second-order valence-electron chi connectivity index (χ2n) is 3.96. The van der Waals surface area contributed by atoms with E-state index in [-0.39, 0.29) is 0 Å². The molecule has 0 bridgehead atoms. The molecule has 1 saturated heterocycles. The van der Waals surface area contributed by atoms with Gasteiger partial charge in [0.05, 0.1) is 18.9 Å². The summed E-state index contributed by atoms with van der Waals surface area (Å²) in [4.78, 5) is 6.53. The van der Waals surface area contributed by atoms with Crippen molar-refractivity contribution in [2.24, 2.45) is 5.73 Å². The predicted molar refractivity (Wildman–Crippen MR) is 58.2 cm³/mol. The minimum absolute atomic E-state index is 0.495. The topological polar surface area (TPSA) is 51.4 Å². The summed E-state index contributed by atoms with van der Waals surface area (Å²) < 4.78 is 5.31. The zero-order valence-corrected chi connectivity index (χ0v) is 9.02. The predicted octanol–water partition coefficient (Wildman–Crippen LogP) is 0.545. The molecule has 0 spiro atoms. The Morgan fingerprint density at radius 3 is 2.73 bits per heavy atom. The first-order valence-corrected chi connectivity index (χ1v) is 5.24. The zero-order chi connectivity index (χ0) is 10.7. The van der Waals surface area contributed by atoms with Crippen LogP contribution in [0, 0.1) is 0 Å². The maximum atomic E-state index is 6.32. The highest BCUT2D eigenvalue weighted by Crippen LogP contribution is 2.21. The minimum Gasteiger partial charge on any atom is -0.379 e. The molecule has 1 aromatic rings. The number of hydrogen-bond acceptors (Lipinski definition) is 4. The second kappa shape index (κ2) is 4.26. The second-order valence-corrected chi connectivity index (χ2v) is 3.96. The van der Waals surface area contributed by atoms with Crippen molar-refractivity contribution in [3.63, 3.8) is 0 Å². The normalized spacial score (nSPS) is 22.3. The number of morpholine rings is 1. The van der Waals surface area contributed by atoms with E-state index in [1.165, 1.54) is 0 Å². The van der Waals surface area contributed by atoms with E-state index in [1.807, 2.05) is 25.1 Å². The van der Waals surface area contributed by atoms with Gasteiger partial charge in [0.2, 0.25) is 0 Å². The summed E-state index contributed by atoms with van der Waals surface area (Å²) in [7, 11) is 0. The Hall–Kier alpha value is -0.970. The lowest BCUT2D eigenvalue weighted by atomic mass is 10.1. The van der Waals surface area contributed by atoms with Gasteiger partial charge in [-0.2, -0.15) is 0 Å². The Kier molecular flexibility index (Phi) is 3.00. The highest BCUT2D eigenvalue weighted by molar-refractivity contribution is 5.13. The van der Waals surface area contributed by atoms with E-state index >= 15 is 0 Å². The molecule has 0 unspecified atom stereocenters. The molecule has 1 atom stereocenters. The Bertz CT molecular complexity index is 307. The highest BCUT2D eigenvalue weighted by Gasteiger charge is 2.31. The largest absolute Gasteiger partial charge is 0.379 e. The van der Waals surface area contributed by atoms with Crippen molar-refractivity contribution in [2.45, 2.75) is 12.6 Å². The summed E-state index contributed by atoms with van der Waals surface area (Å²) in [6.07, 6.45) is 1.78. The van der Waals surface area contributed by atoms with Crippen molar-refractivity contribution in [3.05, 3.63) is 30.1 Å². The van der Waals surface area contributed by atoms with Gasteiger partial charge in [-0.1, -0.05) is 6.07 Å². The van der Waals surface area contributed by atoms with Crippen molar-refractivity contribution in [2.75, 3.05) is 26.3 Å². The van der Waals surface area contributed by atoms with Gasteiger partial charge < -0.3 is 10.5 Å². The molecule has 1 aliphatic rings. The van der Waals surface area contributed by atoms with Crippen molar-refractivity contribution in [1.82, 2.24) is 9.88 Å². The monoisotopic (exact) mass is 207 g/mol. The number of pyridine rings is 1. The van der Waals surface area contributed by atoms with Gasteiger partial charge in [0.1, 0.15) is 5.66 Å². The van der Waals surface area contributed by atoms with Crippen molar-refractivity contribution in [1.29, 1.82) is 0 Å². The van der Waals surface area contributed by atoms with Gasteiger partial charge in [0.15, 0.2) is 0 Å². The summed E-state index contributed by atoms with van der Waals surface area (Å²) in [5.41, 5.74) is 6.73. The molecule has 0 aliphatic carbocycles. The average molecular weight is 207 g/mol. The molecule has 0 amide bonds. The van der Waals surface area contributed by atoms with E-state index in [0.717, 1.165) is 32.0 Å². The van der Waals surface area contributed by atoms with E-state index < -0.39 is 5.66 Å². The van der Waals surface area contributed by atoms with Gasteiger partial charge in [-0.3, -0.25) is 9.88 Å². The fraction of sp³-hybridized carbons (Fsp3) is 0.545. The lowest BCUT2D eigenvalue weighted by molar-refractivity contribution is -0.0178. The molecule has 2 N–H and O–H groups in total. The van der Waals surface area contributed by atoms with E-state index in [0.29, 0.717) is 0 Å². The maximum absolute atomic E-state index is 6.32. The molecular weight excluding hydrogens is 190 g/mol. The first kappa shape index (κ1) is 10.5. The van der Waals surface area contributed by atoms with Crippen LogP contribution in [0.25, 0.3) is 0 Å². The Labute approximate surface area is 90.0 Å². The van der Waals surface area contributed by atoms with Crippen LogP contribution in [-0.4, -0.2) is 36.2 Å². The minimum atomic E-state index is -0.495. The number of ether oxygens (including phenoxy) is 1. The first-order chi connectivity index (χ1) is 7.21. The molecule has 1 aliphatic heterocycles. The van der Waals surface area contributed by atoms with Crippen LogP contribution in [0.5, 0.6) is 0 Å². The van der Waals surface area contributed by atoms with Gasteiger partial charge in [0, 0.05) is 19.3 Å². The smallest absolute Gasteiger partial charge is 0.110 e. The van der Waals surface area contributed by atoms with Crippen LogP contribution in [0.2, 0.25) is 0 Å². The number of rotatable bonds is 2. The first-order valence-electron chi connectivity index (χ1n) is 5.24. The lowest BCUT2D eigenvalue weighted by Crippen LogP contribution is -2.55. The standard InChI is InChI=1S/C11H17N3O/c1-11(12,10-4-2-3-5-13-10)14-6-8-15-9-7-14/h2-5H,6-9,12H2,1H3/t11-/m0/s1. The van der Waals surface area contributed by atoms with Crippen LogP contribution in [0.15, 0.2) is 24.4 Å². The molecule has 82 valence electrons. The molecule has 4 heteroatoms. The number of nitrogens with zero attached hydrogens (tertiary/aromatic N) is 2. The van der Waals surface area contributed by atoms with E-state index in [4.69, 9.17) is 10.5 Å². The third kappa shape index (κ3) is 2.17. The number of nitrogens with two attached hydrogens (primary N) is 1. The molecule has 4 nitrogen and oxygen atoms in total. The van der Waals surface area contributed by atoms with Crippen LogP contribution >= 0.6 is 0 Å². The fourth-order valence-corrected chi connectivity index (χ4v) is 1.85. The fourth-order valence-electron chi connectivity index (χ4n) is 1.85. The van der Waals surface area contributed by atoms with Crippen molar-refractivity contribution < 1.29 is 4.74 Å². The van der Waals surface area contributed by atoms with E-state index in [1.54, 1.807) is 6.20 Å². The van der Waals surface area contributed by atoms with E-state index in [2.05, 4.69) is 9.88 Å². The third-order valence-electron chi connectivity index (χ3n) is 2.85. The Balaban J connectivity index is 2.18. The van der Waals surface area contributed by atoms with Gasteiger partial charge >= 0.3 is 0 Å². The molecule has 2 heterocycles. The summed E-state index contributed by atoms with van der Waals surface area (Å²) in [5, 5.41) is 0. The Morgan fingerprint density at radius 1 is 1.40 bits per heavy atom. The molecule has 2 rings (SSSR count). The quantitative estimate of drug-likeness (QED) is 0.769. The number of aromatic nitrogens is 1. The molecule has 1 aromatic heterocycles. The highest BCUT2D eigenvalue weighted by atomic mass is 16.5. The van der Waals surface area contributed by atoms with Gasteiger partial charge in [0.25, 0.3) is 0 Å². The van der Waals surface area contributed by atoms with Crippen LogP contribution in [0.3, 0.4) is 0 Å². The summed E-state index contributed by atoms with van der Waals surface area (Å²) in [6.45, 7) is 5.23. The van der Waals surface area contributed by atoms with Gasteiger partial charge in [-0.15, -0.1) is 0 Å². The van der Waals surface area contributed by atoms with Crippen LogP contribution < -0.4 is 5.73 Å². The summed E-state index contributed by atoms with van der Waals surface area (Å²) >= 11 is 0. The zero-order valence-electron chi connectivity index (χ0n) is 9.02. The van der Waals surface area contributed by atoms with Crippen LogP contribution in [0.1, 0.15) is 12.6 Å². The molecule has 0 aromatic carbocycles. The molecular formula is C11H17N3O. The van der Waals surface area contributed by atoms with Gasteiger partial charge in [-0.05, 0) is 19.1 Å². The molecule has 0 radical (unpaired) electrons. The van der Waals surface area contributed by atoms with Gasteiger partial charge in [-0.25, -0.2) is 0 Å². The SMILES string of the molecule is C[C@@](N)(c1ccccn1)N1CCOCC1. The number of hydrogen-bond donors (Lipinski definition) is 1.